The zero-order chi connectivity index (χ0) is 17.8. The van der Waals surface area contributed by atoms with Gasteiger partial charge in [-0.2, -0.15) is 8.78 Å². The molecule has 0 spiro atoms. The maximum absolute atomic E-state index is 12.6. The Morgan fingerprint density at radius 3 is 2.24 bits per heavy atom. The lowest BCUT2D eigenvalue weighted by molar-refractivity contribution is 0.0746. The van der Waals surface area contributed by atoms with Crippen LogP contribution in [0, 0.1) is 6.92 Å². The maximum atomic E-state index is 12.6. The zero-order valence-corrected chi connectivity index (χ0v) is 14.8. The Kier molecular flexibility index (Phi) is 5.58. The minimum atomic E-state index is -2.45. The molecular formula is C19H20F2N2OS. The zero-order valence-electron chi connectivity index (χ0n) is 14.0. The number of anilines is 1. The van der Waals surface area contributed by atoms with Crippen molar-refractivity contribution >= 4 is 23.4 Å². The van der Waals surface area contributed by atoms with Crippen molar-refractivity contribution in [1.82, 2.24) is 4.90 Å². The molecule has 132 valence electrons. The SMILES string of the molecule is Cc1ccccc1N1CCN(C(=O)c2ccc(SC(F)F)cc2)CC1. The van der Waals surface area contributed by atoms with Gasteiger partial charge in [-0.15, -0.1) is 0 Å². The van der Waals surface area contributed by atoms with Crippen LogP contribution in [-0.4, -0.2) is 42.7 Å². The molecule has 1 saturated heterocycles. The average Bonchev–Trinajstić information content (AvgIpc) is 2.62. The summed E-state index contributed by atoms with van der Waals surface area (Å²) in [5.74, 6) is -2.49. The van der Waals surface area contributed by atoms with Gasteiger partial charge in [-0.3, -0.25) is 4.79 Å². The topological polar surface area (TPSA) is 23.6 Å². The van der Waals surface area contributed by atoms with Crippen LogP contribution in [-0.2, 0) is 0 Å². The molecule has 0 aromatic heterocycles. The number of carbonyl (C=O) groups is 1. The standard InChI is InChI=1S/C19H20F2N2OS/c1-14-4-2-3-5-17(14)22-10-12-23(13-11-22)18(24)15-6-8-16(9-7-15)25-19(20)21/h2-9,19H,10-13H2,1H3. The van der Waals surface area contributed by atoms with E-state index in [2.05, 4.69) is 24.0 Å². The molecule has 6 heteroatoms. The van der Waals surface area contributed by atoms with Crippen molar-refractivity contribution in [3.8, 4) is 0 Å². The average molecular weight is 362 g/mol. The van der Waals surface area contributed by atoms with E-state index in [0.29, 0.717) is 35.3 Å². The summed E-state index contributed by atoms with van der Waals surface area (Å²) in [6, 6.07) is 14.6. The molecule has 0 saturated carbocycles. The summed E-state index contributed by atoms with van der Waals surface area (Å²) in [7, 11) is 0. The Labute approximate surface area is 150 Å². The molecule has 2 aromatic rings. The summed E-state index contributed by atoms with van der Waals surface area (Å²) >= 11 is 0.489. The summed E-state index contributed by atoms with van der Waals surface area (Å²) in [4.78, 5) is 17.2. The highest BCUT2D eigenvalue weighted by molar-refractivity contribution is 7.99. The number of halogens is 2. The molecule has 1 aliphatic rings. The van der Waals surface area contributed by atoms with Crippen LogP contribution in [0.2, 0.25) is 0 Å². The van der Waals surface area contributed by atoms with Crippen LogP contribution in [0.4, 0.5) is 14.5 Å². The summed E-state index contributed by atoms with van der Waals surface area (Å²) in [6.07, 6.45) is 0. The van der Waals surface area contributed by atoms with Gasteiger partial charge in [-0.25, -0.2) is 0 Å². The van der Waals surface area contributed by atoms with Gasteiger partial charge in [0.2, 0.25) is 0 Å². The van der Waals surface area contributed by atoms with E-state index in [1.807, 2.05) is 17.0 Å². The Morgan fingerprint density at radius 1 is 1.00 bits per heavy atom. The number of hydrogen-bond acceptors (Lipinski definition) is 3. The van der Waals surface area contributed by atoms with Gasteiger partial charge >= 0.3 is 0 Å². The largest absolute Gasteiger partial charge is 0.368 e. The highest BCUT2D eigenvalue weighted by atomic mass is 32.2. The molecule has 0 aliphatic carbocycles. The fourth-order valence-electron chi connectivity index (χ4n) is 3.03. The first-order valence-electron chi connectivity index (χ1n) is 8.19. The number of carbonyl (C=O) groups excluding carboxylic acids is 1. The predicted molar refractivity (Wildman–Crippen MR) is 97.6 cm³/mol. The highest BCUT2D eigenvalue weighted by Crippen LogP contribution is 2.26. The molecular weight excluding hydrogens is 342 g/mol. The summed E-state index contributed by atoms with van der Waals surface area (Å²) < 4.78 is 24.7. The summed E-state index contributed by atoms with van der Waals surface area (Å²) in [5.41, 5.74) is 2.99. The lowest BCUT2D eigenvalue weighted by atomic mass is 10.1. The summed E-state index contributed by atoms with van der Waals surface area (Å²) in [5, 5.41) is 0. The molecule has 1 aliphatic heterocycles. The minimum Gasteiger partial charge on any atom is -0.368 e. The molecule has 1 fully saturated rings. The molecule has 2 aromatic carbocycles. The van der Waals surface area contributed by atoms with Crippen molar-refractivity contribution in [3.05, 3.63) is 59.7 Å². The number of nitrogens with zero attached hydrogens (tertiary/aromatic N) is 2. The van der Waals surface area contributed by atoms with Crippen LogP contribution in [0.5, 0.6) is 0 Å². The van der Waals surface area contributed by atoms with E-state index in [-0.39, 0.29) is 5.91 Å². The number of rotatable bonds is 4. The number of para-hydroxylation sites is 1. The maximum Gasteiger partial charge on any atom is 0.288 e. The van der Waals surface area contributed by atoms with Crippen molar-refractivity contribution < 1.29 is 13.6 Å². The van der Waals surface area contributed by atoms with Gasteiger partial charge in [0, 0.05) is 42.3 Å². The second-order valence-corrected chi connectivity index (χ2v) is 7.03. The molecule has 0 radical (unpaired) electrons. The lowest BCUT2D eigenvalue weighted by Crippen LogP contribution is -2.49. The van der Waals surface area contributed by atoms with Crippen LogP contribution in [0.25, 0.3) is 0 Å². The van der Waals surface area contributed by atoms with Crippen molar-refractivity contribution in [2.45, 2.75) is 17.6 Å². The first-order valence-corrected chi connectivity index (χ1v) is 9.07. The van der Waals surface area contributed by atoms with E-state index in [0.717, 1.165) is 13.1 Å². The lowest BCUT2D eigenvalue weighted by Gasteiger charge is -2.36. The molecule has 3 rings (SSSR count). The third-order valence-electron chi connectivity index (χ3n) is 4.35. The quantitative estimate of drug-likeness (QED) is 0.759. The number of hydrogen-bond donors (Lipinski definition) is 0. The first kappa shape index (κ1) is 17.7. The highest BCUT2D eigenvalue weighted by Gasteiger charge is 2.23. The Hall–Kier alpha value is -2.08. The van der Waals surface area contributed by atoms with E-state index < -0.39 is 5.76 Å². The van der Waals surface area contributed by atoms with E-state index in [4.69, 9.17) is 0 Å². The van der Waals surface area contributed by atoms with E-state index in [1.165, 1.54) is 11.3 Å². The second kappa shape index (κ2) is 7.87. The predicted octanol–water partition coefficient (Wildman–Crippen LogP) is 4.27. The van der Waals surface area contributed by atoms with Crippen LogP contribution in [0.3, 0.4) is 0 Å². The number of alkyl halides is 2. The Morgan fingerprint density at radius 2 is 1.64 bits per heavy atom. The fourth-order valence-corrected chi connectivity index (χ4v) is 3.53. The fraction of sp³-hybridized carbons (Fsp3) is 0.316. The van der Waals surface area contributed by atoms with Crippen LogP contribution >= 0.6 is 11.8 Å². The summed E-state index contributed by atoms with van der Waals surface area (Å²) in [6.45, 7) is 4.97. The third-order valence-corrected chi connectivity index (χ3v) is 5.07. The first-order chi connectivity index (χ1) is 12.0. The van der Waals surface area contributed by atoms with Gasteiger partial charge < -0.3 is 9.80 Å². The molecule has 0 N–H and O–H groups in total. The normalized spacial score (nSPS) is 14.9. The van der Waals surface area contributed by atoms with Gasteiger partial charge in [0.15, 0.2) is 0 Å². The third kappa shape index (κ3) is 4.31. The van der Waals surface area contributed by atoms with Crippen LogP contribution in [0.15, 0.2) is 53.4 Å². The monoisotopic (exact) mass is 362 g/mol. The molecule has 0 unspecified atom stereocenters. The van der Waals surface area contributed by atoms with E-state index in [1.54, 1.807) is 24.3 Å². The Bertz CT molecular complexity index is 728. The van der Waals surface area contributed by atoms with Gasteiger partial charge in [0.1, 0.15) is 0 Å². The number of piperazine rings is 1. The van der Waals surface area contributed by atoms with Crippen molar-refractivity contribution in [1.29, 1.82) is 0 Å². The molecule has 3 nitrogen and oxygen atoms in total. The number of benzene rings is 2. The second-order valence-electron chi connectivity index (χ2n) is 5.97. The molecule has 1 heterocycles. The van der Waals surface area contributed by atoms with Crippen molar-refractivity contribution in [2.24, 2.45) is 0 Å². The number of aryl methyl sites for hydroxylation is 1. The van der Waals surface area contributed by atoms with Gasteiger partial charge in [0.25, 0.3) is 11.7 Å². The van der Waals surface area contributed by atoms with E-state index >= 15 is 0 Å². The van der Waals surface area contributed by atoms with Gasteiger partial charge in [0.05, 0.1) is 0 Å². The molecule has 25 heavy (non-hydrogen) atoms. The van der Waals surface area contributed by atoms with Crippen molar-refractivity contribution in [2.75, 3.05) is 31.1 Å². The number of thioether (sulfide) groups is 1. The van der Waals surface area contributed by atoms with Gasteiger partial charge in [-0.1, -0.05) is 30.0 Å². The van der Waals surface area contributed by atoms with Gasteiger partial charge in [-0.05, 0) is 42.8 Å². The number of amides is 1. The molecule has 1 amide bonds. The minimum absolute atomic E-state index is 0.0435. The van der Waals surface area contributed by atoms with Crippen LogP contribution in [0.1, 0.15) is 15.9 Å². The smallest absolute Gasteiger partial charge is 0.288 e. The van der Waals surface area contributed by atoms with E-state index in [9.17, 15) is 13.6 Å². The van der Waals surface area contributed by atoms with Crippen LogP contribution < -0.4 is 4.90 Å². The molecule has 0 bridgehead atoms. The van der Waals surface area contributed by atoms with Crippen molar-refractivity contribution in [3.63, 3.8) is 0 Å². The Balaban J connectivity index is 1.61. The molecule has 0 atom stereocenters.